The molecule has 5 heteroatoms. The van der Waals surface area contributed by atoms with Crippen molar-refractivity contribution < 1.29 is 9.53 Å². The summed E-state index contributed by atoms with van der Waals surface area (Å²) in [6.45, 7) is 1.87. The van der Waals surface area contributed by atoms with Gasteiger partial charge in [0.1, 0.15) is 11.9 Å². The third kappa shape index (κ3) is 3.45. The molecular weight excluding hydrogens is 266 g/mol. The van der Waals surface area contributed by atoms with E-state index in [1.165, 1.54) is 0 Å². The molecule has 0 radical (unpaired) electrons. The Morgan fingerprint density at radius 2 is 2.10 bits per heavy atom. The zero-order chi connectivity index (χ0) is 14.5. The Morgan fingerprint density at radius 3 is 2.86 bits per heavy atom. The molecule has 1 atom stereocenters. The maximum atomic E-state index is 12.1. The second kappa shape index (κ2) is 6.47. The van der Waals surface area contributed by atoms with Gasteiger partial charge in [0.05, 0.1) is 6.61 Å². The first-order chi connectivity index (χ1) is 10.3. The van der Waals surface area contributed by atoms with E-state index in [1.807, 2.05) is 42.5 Å². The summed E-state index contributed by atoms with van der Waals surface area (Å²) in [6.07, 6.45) is 1.23. The fourth-order valence-electron chi connectivity index (χ4n) is 2.25. The number of aromatic nitrogens is 1. The second-order valence-corrected chi connectivity index (χ2v) is 4.85. The summed E-state index contributed by atoms with van der Waals surface area (Å²) in [5.74, 6) is 0.371. The Labute approximate surface area is 123 Å². The molecule has 21 heavy (non-hydrogen) atoms. The van der Waals surface area contributed by atoms with Gasteiger partial charge in [0.2, 0.25) is 0 Å². The van der Waals surface area contributed by atoms with E-state index in [1.54, 1.807) is 6.20 Å². The van der Waals surface area contributed by atoms with Gasteiger partial charge in [0.15, 0.2) is 0 Å². The van der Waals surface area contributed by atoms with Crippen LogP contribution in [0.15, 0.2) is 48.7 Å². The van der Waals surface area contributed by atoms with Gasteiger partial charge in [-0.15, -0.1) is 0 Å². The summed E-state index contributed by atoms with van der Waals surface area (Å²) >= 11 is 0. The summed E-state index contributed by atoms with van der Waals surface area (Å²) < 4.78 is 5.42. The number of benzene rings is 1. The lowest BCUT2D eigenvalue weighted by Gasteiger charge is -2.22. The number of nitrogens with zero attached hydrogens (tertiary/aromatic N) is 1. The number of hydrogen-bond donors (Lipinski definition) is 2. The standard InChI is InChI=1S/C16H17N3O2/c20-16(14-11-17-8-9-21-14)19-15-10-13(6-7-18-15)12-4-2-1-3-5-12/h1-7,10,14,17H,8-9,11H2,(H,18,19,20)/t14-/m1/s1. The summed E-state index contributed by atoms with van der Waals surface area (Å²) in [7, 11) is 0. The summed E-state index contributed by atoms with van der Waals surface area (Å²) in [6, 6.07) is 13.8. The molecule has 108 valence electrons. The van der Waals surface area contributed by atoms with Crippen molar-refractivity contribution in [2.24, 2.45) is 0 Å². The number of anilines is 1. The van der Waals surface area contributed by atoms with Crippen molar-refractivity contribution in [3.63, 3.8) is 0 Å². The SMILES string of the molecule is O=C(Nc1cc(-c2ccccc2)ccn1)[C@H]1CNCCO1. The van der Waals surface area contributed by atoms with Crippen LogP contribution in [0.25, 0.3) is 11.1 Å². The van der Waals surface area contributed by atoms with Crippen molar-refractivity contribution in [2.75, 3.05) is 25.0 Å². The number of rotatable bonds is 3. The number of carbonyl (C=O) groups excluding carboxylic acids is 1. The molecule has 0 bridgehead atoms. The summed E-state index contributed by atoms with van der Waals surface area (Å²) in [5.41, 5.74) is 2.11. The van der Waals surface area contributed by atoms with Crippen LogP contribution >= 0.6 is 0 Å². The molecule has 2 aromatic rings. The lowest BCUT2D eigenvalue weighted by atomic mass is 10.1. The third-order valence-corrected chi connectivity index (χ3v) is 3.34. The van der Waals surface area contributed by atoms with Crippen LogP contribution in [0.5, 0.6) is 0 Å². The first kappa shape index (κ1) is 13.7. The van der Waals surface area contributed by atoms with Gasteiger partial charge >= 0.3 is 0 Å². The van der Waals surface area contributed by atoms with Gasteiger partial charge in [0.25, 0.3) is 5.91 Å². The molecule has 1 amide bonds. The normalized spacial score (nSPS) is 18.2. The van der Waals surface area contributed by atoms with Gasteiger partial charge in [-0.2, -0.15) is 0 Å². The Balaban J connectivity index is 1.73. The van der Waals surface area contributed by atoms with Crippen LogP contribution < -0.4 is 10.6 Å². The van der Waals surface area contributed by atoms with Gasteiger partial charge in [-0.05, 0) is 23.3 Å². The average Bonchev–Trinajstić information content (AvgIpc) is 2.57. The quantitative estimate of drug-likeness (QED) is 0.899. The fourth-order valence-corrected chi connectivity index (χ4v) is 2.25. The number of pyridine rings is 1. The molecule has 1 aliphatic rings. The molecule has 1 saturated heterocycles. The number of hydrogen-bond acceptors (Lipinski definition) is 4. The summed E-state index contributed by atoms with van der Waals surface area (Å²) in [4.78, 5) is 16.3. The maximum absolute atomic E-state index is 12.1. The Morgan fingerprint density at radius 1 is 1.24 bits per heavy atom. The van der Waals surface area contributed by atoms with Crippen LogP contribution in [-0.4, -0.2) is 36.7 Å². The molecule has 2 heterocycles. The Bertz CT molecular complexity index is 610. The largest absolute Gasteiger partial charge is 0.366 e. The van der Waals surface area contributed by atoms with Crippen LogP contribution in [0.1, 0.15) is 0 Å². The molecule has 1 aliphatic heterocycles. The third-order valence-electron chi connectivity index (χ3n) is 3.34. The highest BCUT2D eigenvalue weighted by molar-refractivity contribution is 5.94. The van der Waals surface area contributed by atoms with Crippen LogP contribution in [0, 0.1) is 0 Å². The first-order valence-corrected chi connectivity index (χ1v) is 6.97. The molecule has 1 fully saturated rings. The van der Waals surface area contributed by atoms with Crippen molar-refractivity contribution in [3.05, 3.63) is 48.7 Å². The van der Waals surface area contributed by atoms with Crippen LogP contribution in [0.3, 0.4) is 0 Å². The molecular formula is C16H17N3O2. The lowest BCUT2D eigenvalue weighted by molar-refractivity contribution is -0.128. The topological polar surface area (TPSA) is 63.2 Å². The monoisotopic (exact) mass is 283 g/mol. The Hall–Kier alpha value is -2.24. The highest BCUT2D eigenvalue weighted by Crippen LogP contribution is 2.20. The van der Waals surface area contributed by atoms with E-state index in [9.17, 15) is 4.79 Å². The van der Waals surface area contributed by atoms with Gasteiger partial charge in [-0.1, -0.05) is 30.3 Å². The van der Waals surface area contributed by atoms with Crippen LogP contribution in [0.2, 0.25) is 0 Å². The minimum Gasteiger partial charge on any atom is -0.366 e. The fraction of sp³-hybridized carbons (Fsp3) is 0.250. The Kier molecular flexibility index (Phi) is 4.23. The number of nitrogens with one attached hydrogen (secondary N) is 2. The van der Waals surface area contributed by atoms with Crippen LogP contribution in [-0.2, 0) is 9.53 Å². The van der Waals surface area contributed by atoms with E-state index in [-0.39, 0.29) is 5.91 Å². The molecule has 1 aromatic heterocycles. The van der Waals surface area contributed by atoms with Crippen molar-refractivity contribution >= 4 is 11.7 Å². The van der Waals surface area contributed by atoms with Gasteiger partial charge in [-0.25, -0.2) is 4.98 Å². The number of carbonyl (C=O) groups is 1. The van der Waals surface area contributed by atoms with E-state index in [2.05, 4.69) is 15.6 Å². The van der Waals surface area contributed by atoms with Gasteiger partial charge in [0, 0.05) is 19.3 Å². The lowest BCUT2D eigenvalue weighted by Crippen LogP contribution is -2.45. The zero-order valence-electron chi connectivity index (χ0n) is 11.6. The highest BCUT2D eigenvalue weighted by atomic mass is 16.5. The van der Waals surface area contributed by atoms with Crippen molar-refractivity contribution in [1.29, 1.82) is 0 Å². The summed E-state index contributed by atoms with van der Waals surface area (Å²) in [5, 5.41) is 5.94. The molecule has 0 aliphatic carbocycles. The molecule has 0 saturated carbocycles. The minimum absolute atomic E-state index is 0.167. The highest BCUT2D eigenvalue weighted by Gasteiger charge is 2.22. The van der Waals surface area contributed by atoms with E-state index in [0.717, 1.165) is 17.7 Å². The maximum Gasteiger partial charge on any atom is 0.255 e. The van der Waals surface area contributed by atoms with Crippen LogP contribution in [0.4, 0.5) is 5.82 Å². The van der Waals surface area contributed by atoms with Crippen molar-refractivity contribution in [3.8, 4) is 11.1 Å². The van der Waals surface area contributed by atoms with E-state index < -0.39 is 6.10 Å². The predicted octanol–water partition coefficient (Wildman–Crippen LogP) is 1.68. The first-order valence-electron chi connectivity index (χ1n) is 6.97. The van der Waals surface area contributed by atoms with E-state index in [4.69, 9.17) is 4.74 Å². The number of amides is 1. The van der Waals surface area contributed by atoms with Gasteiger partial charge < -0.3 is 15.4 Å². The number of morpholine rings is 1. The van der Waals surface area contributed by atoms with Gasteiger partial charge in [-0.3, -0.25) is 4.79 Å². The predicted molar refractivity (Wildman–Crippen MR) is 80.9 cm³/mol. The molecule has 3 rings (SSSR count). The molecule has 2 N–H and O–H groups in total. The smallest absolute Gasteiger partial charge is 0.255 e. The molecule has 0 spiro atoms. The van der Waals surface area contributed by atoms with E-state index in [0.29, 0.717) is 19.0 Å². The average molecular weight is 283 g/mol. The minimum atomic E-state index is -0.457. The second-order valence-electron chi connectivity index (χ2n) is 4.85. The molecule has 1 aromatic carbocycles. The molecule has 0 unspecified atom stereocenters. The molecule has 5 nitrogen and oxygen atoms in total. The zero-order valence-corrected chi connectivity index (χ0v) is 11.6. The van der Waals surface area contributed by atoms with E-state index >= 15 is 0 Å². The van der Waals surface area contributed by atoms with Crippen molar-refractivity contribution in [2.45, 2.75) is 6.10 Å². The number of ether oxygens (including phenoxy) is 1. The van der Waals surface area contributed by atoms with Crippen molar-refractivity contribution in [1.82, 2.24) is 10.3 Å².